The monoisotopic (exact) mass is 624 g/mol. The summed E-state index contributed by atoms with van der Waals surface area (Å²) in [7, 11) is 0. The first-order valence-electron chi connectivity index (χ1n) is 17.0. The van der Waals surface area contributed by atoms with Crippen molar-refractivity contribution in [3.05, 3.63) is 190 Å². The van der Waals surface area contributed by atoms with Gasteiger partial charge in [-0.25, -0.2) is 0 Å². The van der Waals surface area contributed by atoms with E-state index in [9.17, 15) is 0 Å². The molecule has 240 valence electrons. The second kappa shape index (κ2) is 15.6. The van der Waals surface area contributed by atoms with Gasteiger partial charge in [0.25, 0.3) is 0 Å². The van der Waals surface area contributed by atoms with Crippen molar-refractivity contribution in [2.45, 2.75) is 55.4 Å². The van der Waals surface area contributed by atoms with Crippen LogP contribution in [0.4, 0.5) is 0 Å². The maximum Gasteiger partial charge on any atom is -0.0146 e. The fourth-order valence-corrected chi connectivity index (χ4v) is 6.43. The highest BCUT2D eigenvalue weighted by molar-refractivity contribution is 6.05. The molecule has 0 aliphatic rings. The summed E-state index contributed by atoms with van der Waals surface area (Å²) in [6.07, 6.45) is 0. The van der Waals surface area contributed by atoms with Crippen LogP contribution >= 0.6 is 0 Å². The molecule has 0 radical (unpaired) electrons. The summed E-state index contributed by atoms with van der Waals surface area (Å²) in [5, 5.41) is 11.0. The van der Waals surface area contributed by atoms with Crippen molar-refractivity contribution < 1.29 is 0 Å². The average molecular weight is 625 g/mol. The summed E-state index contributed by atoms with van der Waals surface area (Å²) < 4.78 is 0. The minimum absolute atomic E-state index is 1.33. The molecule has 0 amide bonds. The van der Waals surface area contributed by atoms with Crippen molar-refractivity contribution in [3.63, 3.8) is 0 Å². The van der Waals surface area contributed by atoms with Gasteiger partial charge in [-0.2, -0.15) is 0 Å². The fraction of sp³-hybridized carbons (Fsp3) is 0.167. The van der Waals surface area contributed by atoms with Gasteiger partial charge in [0, 0.05) is 0 Å². The molecule has 0 N–H and O–H groups in total. The number of hydrogen-bond donors (Lipinski definition) is 0. The first-order chi connectivity index (χ1) is 23.2. The summed E-state index contributed by atoms with van der Waals surface area (Å²) in [5.74, 6) is 0. The molecule has 0 spiro atoms. The molecular weight excluding hydrogens is 577 g/mol. The summed E-state index contributed by atoms with van der Waals surface area (Å²) in [4.78, 5) is 0. The van der Waals surface area contributed by atoms with Gasteiger partial charge in [0.1, 0.15) is 0 Å². The number of aryl methyl sites for hydroxylation is 8. The summed E-state index contributed by atoms with van der Waals surface area (Å²) in [5.41, 5.74) is 10.9. The van der Waals surface area contributed by atoms with Crippen LogP contribution in [0.2, 0.25) is 0 Å². The topological polar surface area (TPSA) is 0 Å². The van der Waals surface area contributed by atoms with Gasteiger partial charge < -0.3 is 0 Å². The Hall–Kier alpha value is -5.20. The molecule has 0 atom stereocenters. The molecule has 0 aliphatic heterocycles. The van der Waals surface area contributed by atoms with E-state index >= 15 is 0 Å². The van der Waals surface area contributed by atoms with E-state index in [1.165, 1.54) is 87.6 Å². The van der Waals surface area contributed by atoms with E-state index in [2.05, 4.69) is 201 Å². The minimum atomic E-state index is 1.33. The van der Waals surface area contributed by atoms with E-state index in [0.29, 0.717) is 0 Å². The average Bonchev–Trinajstić information content (AvgIpc) is 3.12. The molecule has 0 unspecified atom stereocenters. The Morgan fingerprint density at radius 1 is 0.208 bits per heavy atom. The quantitative estimate of drug-likeness (QED) is 0.147. The zero-order chi connectivity index (χ0) is 34.2. The number of benzene rings is 8. The Balaban J connectivity index is 0.000000129. The van der Waals surface area contributed by atoms with Gasteiger partial charge in [-0.1, -0.05) is 157 Å². The number of rotatable bonds is 0. The van der Waals surface area contributed by atoms with Crippen LogP contribution in [-0.2, 0) is 0 Å². The van der Waals surface area contributed by atoms with E-state index in [-0.39, 0.29) is 0 Å². The first kappa shape index (κ1) is 34.1. The third-order valence-corrected chi connectivity index (χ3v) is 9.41. The van der Waals surface area contributed by atoms with Crippen molar-refractivity contribution >= 4 is 43.1 Å². The normalized spacial score (nSPS) is 10.5. The van der Waals surface area contributed by atoms with Crippen molar-refractivity contribution in [2.24, 2.45) is 0 Å². The predicted octanol–water partition coefficient (Wildman–Crippen LogP) is 13.8. The molecule has 0 nitrogen and oxygen atoms in total. The van der Waals surface area contributed by atoms with Gasteiger partial charge in [0.2, 0.25) is 0 Å². The van der Waals surface area contributed by atoms with E-state index in [4.69, 9.17) is 0 Å². The maximum absolute atomic E-state index is 2.21. The van der Waals surface area contributed by atoms with Gasteiger partial charge in [-0.15, -0.1) is 0 Å². The fourth-order valence-electron chi connectivity index (χ4n) is 6.43. The SMILES string of the molecule is Cc1c2ccccc2c(C)c2ccccc12.Cc1ccc(C)c2ccccc12.Cc1ccc(C)cc1.Cc1cccc2c(C)cccc12. The number of hydrogen-bond acceptors (Lipinski definition) is 0. The third-order valence-electron chi connectivity index (χ3n) is 9.41. The maximum atomic E-state index is 2.21. The van der Waals surface area contributed by atoms with Crippen LogP contribution in [0.25, 0.3) is 43.1 Å². The summed E-state index contributed by atoms with van der Waals surface area (Å²) in [6, 6.07) is 51.6. The molecule has 8 aromatic rings. The van der Waals surface area contributed by atoms with Crippen LogP contribution in [0.15, 0.2) is 146 Å². The Bertz CT molecular complexity index is 2050. The van der Waals surface area contributed by atoms with Gasteiger partial charge in [0.05, 0.1) is 0 Å². The Morgan fingerprint density at radius 2 is 0.438 bits per heavy atom. The standard InChI is InChI=1S/C16H14.2C12H12.C8H10/c1-11-13-7-3-5-9-15(13)12(2)16-10-6-4-8-14(11)16;1-9-5-3-8-12-10(2)6-4-7-11(9)12;1-9-7-8-10(2)12-6-4-3-5-11(9)12;1-7-3-5-8(2)6-4-7/h3-10H,1-2H3;2*3-8H,1-2H3;3-6H,1-2H3. The molecule has 0 heteroatoms. The molecule has 8 aromatic carbocycles. The summed E-state index contributed by atoms with van der Waals surface area (Å²) >= 11 is 0. The molecule has 0 fully saturated rings. The zero-order valence-electron chi connectivity index (χ0n) is 29.9. The second-order valence-electron chi connectivity index (χ2n) is 13.0. The van der Waals surface area contributed by atoms with E-state index in [1.807, 2.05) is 0 Å². The van der Waals surface area contributed by atoms with Gasteiger partial charge in [-0.3, -0.25) is 0 Å². The highest BCUT2D eigenvalue weighted by atomic mass is 14.1. The second-order valence-corrected chi connectivity index (χ2v) is 13.0. The van der Waals surface area contributed by atoms with Crippen LogP contribution < -0.4 is 0 Å². The molecule has 0 aliphatic carbocycles. The highest BCUT2D eigenvalue weighted by Crippen LogP contribution is 2.31. The zero-order valence-corrected chi connectivity index (χ0v) is 29.9. The van der Waals surface area contributed by atoms with E-state index in [1.54, 1.807) is 0 Å². The molecule has 0 saturated carbocycles. The predicted molar refractivity (Wildman–Crippen MR) is 214 cm³/mol. The molecule has 0 aromatic heterocycles. The molecule has 0 saturated heterocycles. The lowest BCUT2D eigenvalue weighted by atomic mass is 9.93. The van der Waals surface area contributed by atoms with Crippen LogP contribution in [0, 0.1) is 55.4 Å². The molecule has 8 rings (SSSR count). The van der Waals surface area contributed by atoms with Gasteiger partial charge in [0.15, 0.2) is 0 Å². The van der Waals surface area contributed by atoms with E-state index in [0.717, 1.165) is 0 Å². The molecule has 48 heavy (non-hydrogen) atoms. The molecular formula is C48H48. The largest absolute Gasteiger partial charge is 0.0616 e. The van der Waals surface area contributed by atoms with Crippen LogP contribution in [0.5, 0.6) is 0 Å². The van der Waals surface area contributed by atoms with Crippen molar-refractivity contribution in [1.82, 2.24) is 0 Å². The lowest BCUT2D eigenvalue weighted by Crippen LogP contribution is -1.87. The van der Waals surface area contributed by atoms with Crippen molar-refractivity contribution in [2.75, 3.05) is 0 Å². The molecule has 0 heterocycles. The minimum Gasteiger partial charge on any atom is -0.0616 e. The Kier molecular flexibility index (Phi) is 11.1. The third kappa shape index (κ3) is 7.84. The highest BCUT2D eigenvalue weighted by Gasteiger charge is 2.06. The lowest BCUT2D eigenvalue weighted by Gasteiger charge is -2.11. The van der Waals surface area contributed by atoms with Gasteiger partial charge >= 0.3 is 0 Å². The summed E-state index contributed by atoms with van der Waals surface area (Å²) in [6.45, 7) is 17.2. The first-order valence-corrected chi connectivity index (χ1v) is 17.0. The van der Waals surface area contributed by atoms with E-state index < -0.39 is 0 Å². The molecule has 0 bridgehead atoms. The lowest BCUT2D eigenvalue weighted by molar-refractivity contribution is 1.40. The van der Waals surface area contributed by atoms with Crippen molar-refractivity contribution in [3.8, 4) is 0 Å². The van der Waals surface area contributed by atoms with Crippen LogP contribution in [-0.4, -0.2) is 0 Å². The van der Waals surface area contributed by atoms with Gasteiger partial charge in [-0.05, 0) is 132 Å². The number of fused-ring (bicyclic) bond motifs is 4. The smallest absolute Gasteiger partial charge is 0.0146 e. The Morgan fingerprint density at radius 3 is 0.729 bits per heavy atom. The van der Waals surface area contributed by atoms with Crippen LogP contribution in [0.3, 0.4) is 0 Å². The van der Waals surface area contributed by atoms with Crippen LogP contribution in [0.1, 0.15) is 44.5 Å². The Labute approximate surface area is 287 Å². The van der Waals surface area contributed by atoms with Crippen molar-refractivity contribution in [1.29, 1.82) is 0 Å².